The summed E-state index contributed by atoms with van der Waals surface area (Å²) >= 11 is 0. The van der Waals surface area contributed by atoms with Gasteiger partial charge < -0.3 is 20.4 Å². The third-order valence-corrected chi connectivity index (χ3v) is 2.63. The van der Waals surface area contributed by atoms with E-state index in [1.54, 1.807) is 0 Å². The van der Waals surface area contributed by atoms with Gasteiger partial charge in [-0.2, -0.15) is 0 Å². The van der Waals surface area contributed by atoms with Gasteiger partial charge in [0, 0.05) is 31.5 Å². The molecular formula is C11H19N3O. The first-order valence-electron chi connectivity index (χ1n) is 5.60. The lowest BCUT2D eigenvalue weighted by molar-refractivity contribution is 0.0238. The van der Waals surface area contributed by atoms with Crippen molar-refractivity contribution in [1.82, 2.24) is 15.6 Å². The van der Waals surface area contributed by atoms with E-state index in [1.807, 2.05) is 12.3 Å². The second kappa shape index (κ2) is 5.90. The van der Waals surface area contributed by atoms with Gasteiger partial charge in [0.15, 0.2) is 0 Å². The molecule has 0 bridgehead atoms. The largest absolute Gasteiger partial charge is 0.376 e. The predicted octanol–water partition coefficient (Wildman–Crippen LogP) is 0.483. The molecule has 1 aromatic rings. The average molecular weight is 209 g/mol. The highest BCUT2D eigenvalue weighted by Crippen LogP contribution is 2.00. The molecule has 84 valence electrons. The molecule has 1 aliphatic rings. The van der Waals surface area contributed by atoms with E-state index in [0.717, 1.165) is 39.2 Å². The minimum atomic E-state index is 0.384. The van der Waals surface area contributed by atoms with E-state index in [0.29, 0.717) is 6.10 Å². The molecule has 0 radical (unpaired) electrons. The molecular weight excluding hydrogens is 190 g/mol. The summed E-state index contributed by atoms with van der Waals surface area (Å²) in [6.45, 7) is 4.75. The molecule has 1 unspecified atom stereocenters. The minimum Gasteiger partial charge on any atom is -0.376 e. The van der Waals surface area contributed by atoms with Crippen molar-refractivity contribution < 1.29 is 4.74 Å². The van der Waals surface area contributed by atoms with Crippen molar-refractivity contribution in [2.45, 2.75) is 19.1 Å². The summed E-state index contributed by atoms with van der Waals surface area (Å²) in [5, 5.41) is 6.73. The van der Waals surface area contributed by atoms with Crippen molar-refractivity contribution in [3.8, 4) is 0 Å². The van der Waals surface area contributed by atoms with Crippen LogP contribution in [0.5, 0.6) is 0 Å². The van der Waals surface area contributed by atoms with Crippen LogP contribution in [0.1, 0.15) is 12.1 Å². The van der Waals surface area contributed by atoms with Crippen LogP contribution < -0.4 is 10.6 Å². The van der Waals surface area contributed by atoms with Gasteiger partial charge in [-0.1, -0.05) is 0 Å². The Kier molecular flexibility index (Phi) is 4.20. The number of rotatable bonds is 5. The number of hydrogen-bond acceptors (Lipinski definition) is 3. The molecule has 2 rings (SSSR count). The molecule has 4 heteroatoms. The lowest BCUT2D eigenvalue weighted by Gasteiger charge is -2.23. The van der Waals surface area contributed by atoms with E-state index in [2.05, 4.69) is 21.7 Å². The summed E-state index contributed by atoms with van der Waals surface area (Å²) in [6.07, 6.45) is 3.41. The van der Waals surface area contributed by atoms with E-state index in [1.165, 1.54) is 5.69 Å². The Bertz CT molecular complexity index is 255. The Balaban J connectivity index is 1.54. The van der Waals surface area contributed by atoms with E-state index < -0.39 is 0 Å². The maximum atomic E-state index is 5.60. The molecule has 1 fully saturated rings. The third kappa shape index (κ3) is 3.66. The first kappa shape index (κ1) is 10.7. The van der Waals surface area contributed by atoms with Gasteiger partial charge >= 0.3 is 0 Å². The zero-order chi connectivity index (χ0) is 10.3. The van der Waals surface area contributed by atoms with Gasteiger partial charge in [-0.15, -0.1) is 0 Å². The Labute approximate surface area is 90.4 Å². The van der Waals surface area contributed by atoms with Gasteiger partial charge in [-0.05, 0) is 25.1 Å². The Morgan fingerprint density at radius 3 is 3.27 bits per heavy atom. The Morgan fingerprint density at radius 1 is 1.53 bits per heavy atom. The van der Waals surface area contributed by atoms with Crippen molar-refractivity contribution in [2.75, 3.05) is 26.2 Å². The smallest absolute Gasteiger partial charge is 0.0712 e. The predicted molar refractivity (Wildman–Crippen MR) is 59.7 cm³/mol. The number of aromatic amines is 1. The van der Waals surface area contributed by atoms with Crippen LogP contribution >= 0.6 is 0 Å². The lowest BCUT2D eigenvalue weighted by Crippen LogP contribution is -2.39. The molecule has 0 aliphatic carbocycles. The van der Waals surface area contributed by atoms with E-state index in [9.17, 15) is 0 Å². The highest BCUT2D eigenvalue weighted by molar-refractivity contribution is 5.02. The molecule has 0 saturated carbocycles. The monoisotopic (exact) mass is 209 g/mol. The van der Waals surface area contributed by atoms with Crippen molar-refractivity contribution in [2.24, 2.45) is 0 Å². The van der Waals surface area contributed by atoms with Gasteiger partial charge in [0.2, 0.25) is 0 Å². The summed E-state index contributed by atoms with van der Waals surface area (Å²) in [5.41, 5.74) is 1.23. The van der Waals surface area contributed by atoms with Gasteiger partial charge in [0.05, 0.1) is 12.7 Å². The highest BCUT2D eigenvalue weighted by Gasteiger charge is 2.11. The topological polar surface area (TPSA) is 49.1 Å². The van der Waals surface area contributed by atoms with E-state index in [-0.39, 0.29) is 0 Å². The number of ether oxygens (including phenoxy) is 1. The van der Waals surface area contributed by atoms with Crippen LogP contribution in [0.15, 0.2) is 18.3 Å². The molecule has 3 N–H and O–H groups in total. The third-order valence-electron chi connectivity index (χ3n) is 2.63. The van der Waals surface area contributed by atoms with Gasteiger partial charge in [0.1, 0.15) is 0 Å². The van der Waals surface area contributed by atoms with E-state index in [4.69, 9.17) is 4.74 Å². The van der Waals surface area contributed by atoms with Crippen LogP contribution in [0.3, 0.4) is 0 Å². The van der Waals surface area contributed by atoms with Crippen LogP contribution in [0, 0.1) is 0 Å². The van der Waals surface area contributed by atoms with Crippen molar-refractivity contribution in [3.63, 3.8) is 0 Å². The van der Waals surface area contributed by atoms with Crippen LogP contribution in [0.4, 0.5) is 0 Å². The standard InChI is InChI=1S/C11H19N3O/c1-2-10(14-4-1)8-12-5-3-11-9-13-6-7-15-11/h1-2,4,11-14H,3,5-9H2. The second-order valence-corrected chi connectivity index (χ2v) is 3.86. The summed E-state index contributed by atoms with van der Waals surface area (Å²) in [5.74, 6) is 0. The fraction of sp³-hybridized carbons (Fsp3) is 0.636. The summed E-state index contributed by atoms with van der Waals surface area (Å²) in [4.78, 5) is 3.17. The summed E-state index contributed by atoms with van der Waals surface area (Å²) in [7, 11) is 0. The molecule has 0 aromatic carbocycles. The number of aromatic nitrogens is 1. The average Bonchev–Trinajstić information content (AvgIpc) is 2.79. The zero-order valence-electron chi connectivity index (χ0n) is 8.96. The first-order chi connectivity index (χ1) is 7.45. The van der Waals surface area contributed by atoms with Crippen molar-refractivity contribution in [3.05, 3.63) is 24.0 Å². The van der Waals surface area contributed by atoms with Crippen molar-refractivity contribution in [1.29, 1.82) is 0 Å². The van der Waals surface area contributed by atoms with Crippen LogP contribution in [-0.2, 0) is 11.3 Å². The van der Waals surface area contributed by atoms with Crippen LogP contribution in [0.25, 0.3) is 0 Å². The molecule has 4 nitrogen and oxygen atoms in total. The molecule has 0 spiro atoms. The van der Waals surface area contributed by atoms with Gasteiger partial charge in [-0.25, -0.2) is 0 Å². The Hall–Kier alpha value is -0.840. The number of hydrogen-bond donors (Lipinski definition) is 3. The molecule has 0 amide bonds. The fourth-order valence-electron chi connectivity index (χ4n) is 1.77. The summed E-state index contributed by atoms with van der Waals surface area (Å²) < 4.78 is 5.60. The molecule has 1 aromatic heterocycles. The highest BCUT2D eigenvalue weighted by atomic mass is 16.5. The molecule has 1 saturated heterocycles. The van der Waals surface area contributed by atoms with Gasteiger partial charge in [0.25, 0.3) is 0 Å². The molecule has 1 aliphatic heterocycles. The molecule has 2 heterocycles. The van der Waals surface area contributed by atoms with Gasteiger partial charge in [-0.3, -0.25) is 0 Å². The second-order valence-electron chi connectivity index (χ2n) is 3.86. The number of morpholine rings is 1. The first-order valence-corrected chi connectivity index (χ1v) is 5.60. The van der Waals surface area contributed by atoms with Crippen LogP contribution in [-0.4, -0.2) is 37.3 Å². The minimum absolute atomic E-state index is 0.384. The Morgan fingerprint density at radius 2 is 2.53 bits per heavy atom. The molecule has 1 atom stereocenters. The quantitative estimate of drug-likeness (QED) is 0.618. The molecule has 15 heavy (non-hydrogen) atoms. The maximum absolute atomic E-state index is 5.60. The maximum Gasteiger partial charge on any atom is 0.0712 e. The fourth-order valence-corrected chi connectivity index (χ4v) is 1.77. The summed E-state index contributed by atoms with van der Waals surface area (Å²) in [6, 6.07) is 4.11. The van der Waals surface area contributed by atoms with Crippen LogP contribution in [0.2, 0.25) is 0 Å². The van der Waals surface area contributed by atoms with E-state index >= 15 is 0 Å². The zero-order valence-corrected chi connectivity index (χ0v) is 8.96. The lowest BCUT2D eigenvalue weighted by atomic mass is 10.2. The van der Waals surface area contributed by atoms with Crippen molar-refractivity contribution >= 4 is 0 Å². The SMILES string of the molecule is c1c[nH]c(CNCCC2CNCCO2)c1. The number of nitrogens with one attached hydrogen (secondary N) is 3. The number of H-pyrrole nitrogens is 1. The normalized spacial score (nSPS) is 21.7.